The molecule has 1 aliphatic carbocycles. The molecular formula is C16H20OS. The predicted molar refractivity (Wildman–Crippen MR) is 78.6 cm³/mol. The van der Waals surface area contributed by atoms with E-state index >= 15 is 0 Å². The van der Waals surface area contributed by atoms with Crippen molar-refractivity contribution in [3.05, 3.63) is 35.4 Å². The highest BCUT2D eigenvalue weighted by Gasteiger charge is 2.13. The van der Waals surface area contributed by atoms with Gasteiger partial charge in [0.1, 0.15) is 6.61 Å². The molecule has 0 aliphatic heterocycles. The zero-order valence-corrected chi connectivity index (χ0v) is 11.5. The van der Waals surface area contributed by atoms with Gasteiger partial charge in [0.25, 0.3) is 0 Å². The maximum absolute atomic E-state index is 8.63. The molecule has 1 fully saturated rings. The second kappa shape index (κ2) is 7.51. The standard InChI is InChI=1S/C16H20OS/c17-12-4-5-14-8-10-15(11-9-14)13-18-16-6-2-1-3-7-16/h8-11,16-17H,1-3,6-7,12-13H2. The summed E-state index contributed by atoms with van der Waals surface area (Å²) in [5.41, 5.74) is 2.36. The first-order chi connectivity index (χ1) is 8.88. The quantitative estimate of drug-likeness (QED) is 0.838. The number of aliphatic hydroxyl groups excluding tert-OH is 1. The van der Waals surface area contributed by atoms with Crippen LogP contribution in [0.25, 0.3) is 0 Å². The van der Waals surface area contributed by atoms with Crippen LogP contribution in [0.2, 0.25) is 0 Å². The number of hydrogen-bond donors (Lipinski definition) is 1. The van der Waals surface area contributed by atoms with Crippen molar-refractivity contribution in [1.29, 1.82) is 0 Å². The van der Waals surface area contributed by atoms with E-state index in [1.165, 1.54) is 37.7 Å². The molecule has 0 bridgehead atoms. The lowest BCUT2D eigenvalue weighted by atomic mass is 10.0. The maximum Gasteiger partial charge on any atom is 0.104 e. The Balaban J connectivity index is 1.82. The van der Waals surface area contributed by atoms with Gasteiger partial charge in [-0.15, -0.1) is 0 Å². The fraction of sp³-hybridized carbons (Fsp3) is 0.500. The fourth-order valence-corrected chi connectivity index (χ4v) is 3.56. The Bertz CT molecular complexity index is 407. The Morgan fingerprint density at radius 3 is 2.50 bits per heavy atom. The zero-order chi connectivity index (χ0) is 12.6. The van der Waals surface area contributed by atoms with Crippen LogP contribution in [0.5, 0.6) is 0 Å². The highest BCUT2D eigenvalue weighted by molar-refractivity contribution is 7.99. The van der Waals surface area contributed by atoms with Crippen molar-refractivity contribution in [2.75, 3.05) is 6.61 Å². The van der Waals surface area contributed by atoms with E-state index in [0.717, 1.165) is 16.6 Å². The summed E-state index contributed by atoms with van der Waals surface area (Å²) in [6, 6.07) is 8.38. The molecule has 0 spiro atoms. The molecule has 2 rings (SSSR count). The summed E-state index contributed by atoms with van der Waals surface area (Å²) >= 11 is 2.10. The van der Waals surface area contributed by atoms with Crippen molar-refractivity contribution in [1.82, 2.24) is 0 Å². The van der Waals surface area contributed by atoms with Crippen LogP contribution >= 0.6 is 11.8 Å². The second-order valence-electron chi connectivity index (χ2n) is 4.73. The lowest BCUT2D eigenvalue weighted by molar-refractivity contribution is 0.350. The molecule has 0 atom stereocenters. The van der Waals surface area contributed by atoms with Crippen LogP contribution in [0.3, 0.4) is 0 Å². The van der Waals surface area contributed by atoms with Crippen molar-refractivity contribution in [3.63, 3.8) is 0 Å². The van der Waals surface area contributed by atoms with Gasteiger partial charge in [-0.1, -0.05) is 43.2 Å². The van der Waals surface area contributed by atoms with Gasteiger partial charge in [-0.25, -0.2) is 0 Å². The minimum Gasteiger partial charge on any atom is -0.384 e. The van der Waals surface area contributed by atoms with Crippen LogP contribution in [-0.2, 0) is 5.75 Å². The molecule has 0 amide bonds. The molecular weight excluding hydrogens is 240 g/mol. The summed E-state index contributed by atoms with van der Waals surface area (Å²) < 4.78 is 0. The Morgan fingerprint density at radius 2 is 1.83 bits per heavy atom. The first-order valence-electron chi connectivity index (χ1n) is 6.69. The van der Waals surface area contributed by atoms with E-state index in [4.69, 9.17) is 5.11 Å². The predicted octanol–water partition coefficient (Wildman–Crippen LogP) is 3.60. The van der Waals surface area contributed by atoms with Gasteiger partial charge >= 0.3 is 0 Å². The number of benzene rings is 1. The molecule has 18 heavy (non-hydrogen) atoms. The fourth-order valence-electron chi connectivity index (χ4n) is 2.27. The summed E-state index contributed by atoms with van der Waals surface area (Å²) in [5.74, 6) is 6.70. The van der Waals surface area contributed by atoms with Crippen molar-refractivity contribution in [3.8, 4) is 11.8 Å². The molecule has 1 saturated carbocycles. The van der Waals surface area contributed by atoms with E-state index in [1.807, 2.05) is 12.1 Å². The van der Waals surface area contributed by atoms with Gasteiger partial charge in [-0.2, -0.15) is 11.8 Å². The topological polar surface area (TPSA) is 20.2 Å². The Kier molecular flexibility index (Phi) is 5.64. The summed E-state index contributed by atoms with van der Waals surface area (Å²) in [6.45, 7) is -0.0702. The SMILES string of the molecule is OCC#Cc1ccc(CSC2CCCCC2)cc1. The van der Waals surface area contributed by atoms with E-state index in [9.17, 15) is 0 Å². The van der Waals surface area contributed by atoms with Crippen LogP contribution < -0.4 is 0 Å². The average molecular weight is 260 g/mol. The highest BCUT2D eigenvalue weighted by atomic mass is 32.2. The lowest BCUT2D eigenvalue weighted by Gasteiger charge is -2.20. The second-order valence-corrected chi connectivity index (χ2v) is 6.02. The van der Waals surface area contributed by atoms with Crippen molar-refractivity contribution < 1.29 is 5.11 Å². The van der Waals surface area contributed by atoms with Gasteiger partial charge in [0.05, 0.1) is 0 Å². The van der Waals surface area contributed by atoms with Crippen molar-refractivity contribution >= 4 is 11.8 Å². The smallest absolute Gasteiger partial charge is 0.104 e. The van der Waals surface area contributed by atoms with E-state index < -0.39 is 0 Å². The normalized spacial score (nSPS) is 16.1. The first-order valence-corrected chi connectivity index (χ1v) is 7.73. The van der Waals surface area contributed by atoms with Gasteiger partial charge in [0.2, 0.25) is 0 Å². The van der Waals surface area contributed by atoms with E-state index in [1.54, 1.807) is 0 Å². The number of thioether (sulfide) groups is 1. The van der Waals surface area contributed by atoms with E-state index in [2.05, 4.69) is 35.7 Å². The summed E-state index contributed by atoms with van der Waals surface area (Å²) in [5, 5.41) is 9.50. The summed E-state index contributed by atoms with van der Waals surface area (Å²) in [7, 11) is 0. The van der Waals surface area contributed by atoms with Crippen molar-refractivity contribution in [2.45, 2.75) is 43.1 Å². The molecule has 0 radical (unpaired) electrons. The molecule has 96 valence electrons. The molecule has 0 aromatic heterocycles. The van der Waals surface area contributed by atoms with E-state index in [0.29, 0.717) is 0 Å². The Morgan fingerprint density at radius 1 is 1.11 bits per heavy atom. The average Bonchev–Trinajstić information content (AvgIpc) is 2.45. The van der Waals surface area contributed by atoms with Gasteiger partial charge in [-0.3, -0.25) is 0 Å². The monoisotopic (exact) mass is 260 g/mol. The molecule has 1 aliphatic rings. The summed E-state index contributed by atoms with van der Waals surface area (Å²) in [6.07, 6.45) is 7.03. The number of aliphatic hydroxyl groups is 1. The molecule has 1 N–H and O–H groups in total. The van der Waals surface area contributed by atoms with Crippen LogP contribution in [0.15, 0.2) is 24.3 Å². The van der Waals surface area contributed by atoms with Gasteiger partial charge in [0, 0.05) is 16.6 Å². The number of hydrogen-bond acceptors (Lipinski definition) is 2. The maximum atomic E-state index is 8.63. The summed E-state index contributed by atoms with van der Waals surface area (Å²) in [4.78, 5) is 0. The highest BCUT2D eigenvalue weighted by Crippen LogP contribution is 2.30. The molecule has 0 saturated heterocycles. The van der Waals surface area contributed by atoms with E-state index in [-0.39, 0.29) is 6.61 Å². The van der Waals surface area contributed by atoms with Crippen LogP contribution in [0.4, 0.5) is 0 Å². The molecule has 2 heteroatoms. The minimum atomic E-state index is -0.0702. The Hall–Kier alpha value is -0.910. The Labute approximate surface area is 114 Å². The van der Waals surface area contributed by atoms with Crippen LogP contribution in [0, 0.1) is 11.8 Å². The third kappa shape index (κ3) is 4.40. The largest absolute Gasteiger partial charge is 0.384 e. The van der Waals surface area contributed by atoms with Crippen LogP contribution in [0.1, 0.15) is 43.2 Å². The molecule has 0 heterocycles. The van der Waals surface area contributed by atoms with Gasteiger partial charge in [-0.05, 0) is 30.5 Å². The molecule has 1 aromatic rings. The molecule has 1 nitrogen and oxygen atoms in total. The zero-order valence-electron chi connectivity index (χ0n) is 10.7. The van der Waals surface area contributed by atoms with Gasteiger partial charge < -0.3 is 5.11 Å². The first kappa shape index (κ1) is 13.5. The third-order valence-electron chi connectivity index (χ3n) is 3.30. The molecule has 0 unspecified atom stereocenters. The van der Waals surface area contributed by atoms with Gasteiger partial charge in [0.15, 0.2) is 0 Å². The van der Waals surface area contributed by atoms with Crippen molar-refractivity contribution in [2.24, 2.45) is 0 Å². The number of rotatable bonds is 3. The lowest BCUT2D eigenvalue weighted by Crippen LogP contribution is -2.08. The van der Waals surface area contributed by atoms with Crippen LogP contribution in [-0.4, -0.2) is 17.0 Å². The minimum absolute atomic E-state index is 0.0702. The third-order valence-corrected chi connectivity index (χ3v) is 4.75. The molecule has 1 aromatic carbocycles.